The van der Waals surface area contributed by atoms with E-state index >= 15 is 0 Å². The van der Waals surface area contributed by atoms with Crippen molar-refractivity contribution in [2.45, 2.75) is 6.54 Å². The number of nitrogens with zero attached hydrogens (tertiary/aromatic N) is 1. The molecule has 0 aliphatic carbocycles. The zero-order valence-corrected chi connectivity index (χ0v) is 15.7. The molecule has 1 heterocycles. The highest BCUT2D eigenvalue weighted by atomic mass is 35.5. The fraction of sp³-hybridized carbons (Fsp3) is 0.0909. The fourth-order valence-electron chi connectivity index (χ4n) is 2.71. The molecule has 0 bridgehead atoms. The second kappa shape index (κ2) is 9.06. The lowest BCUT2D eigenvalue weighted by atomic mass is 10.1. The maximum absolute atomic E-state index is 12.7. The smallest absolute Gasteiger partial charge is 0.341 e. The number of carboxylic acids is 1. The third-order valence-electron chi connectivity index (χ3n) is 3.98. The summed E-state index contributed by atoms with van der Waals surface area (Å²) in [6.45, 7) is 0.125. The third-order valence-corrected chi connectivity index (χ3v) is 4.22. The Morgan fingerprint density at radius 2 is 1.89 bits per heavy atom. The second-order valence-corrected chi connectivity index (χ2v) is 6.48. The summed E-state index contributed by atoms with van der Waals surface area (Å²) < 4.78 is 7.03. The molecule has 0 radical (unpaired) electrons. The number of carboxylic acid groups (broad SMARTS) is 1. The summed E-state index contributed by atoms with van der Waals surface area (Å²) >= 11 is 5.98. The Hall–Kier alpha value is -3.31. The molecule has 5 nitrogen and oxygen atoms in total. The quantitative estimate of drug-likeness (QED) is 0.568. The molecule has 28 heavy (non-hydrogen) atoms. The average molecular weight is 396 g/mol. The largest absolute Gasteiger partial charge is 0.482 e. The van der Waals surface area contributed by atoms with Crippen LogP contribution in [0.4, 0.5) is 0 Å². The molecule has 0 fully saturated rings. The van der Waals surface area contributed by atoms with Crippen molar-refractivity contribution in [1.82, 2.24) is 4.57 Å². The Morgan fingerprint density at radius 1 is 1.07 bits per heavy atom. The van der Waals surface area contributed by atoms with E-state index in [-0.39, 0.29) is 12.4 Å². The molecule has 0 unspecified atom stereocenters. The number of carbonyl (C=O) groups is 2. The van der Waals surface area contributed by atoms with Gasteiger partial charge < -0.3 is 14.4 Å². The molecule has 142 valence electrons. The van der Waals surface area contributed by atoms with Gasteiger partial charge in [0.2, 0.25) is 5.78 Å². The SMILES string of the molecule is O=C(O)COc1cccc(/C=C/Cn2cccc2C(=O)c2cccc(Cl)c2)c1. The summed E-state index contributed by atoms with van der Waals surface area (Å²) in [5.74, 6) is -0.627. The molecule has 0 saturated heterocycles. The molecular weight excluding hydrogens is 378 g/mol. The van der Waals surface area contributed by atoms with Gasteiger partial charge in [0.1, 0.15) is 5.75 Å². The van der Waals surface area contributed by atoms with Gasteiger partial charge in [-0.2, -0.15) is 0 Å². The first-order valence-electron chi connectivity index (χ1n) is 8.59. The van der Waals surface area contributed by atoms with Crippen molar-refractivity contribution in [1.29, 1.82) is 0 Å². The van der Waals surface area contributed by atoms with Crippen molar-refractivity contribution in [3.05, 3.63) is 94.8 Å². The Balaban J connectivity index is 1.69. The van der Waals surface area contributed by atoms with Gasteiger partial charge >= 0.3 is 5.97 Å². The molecule has 1 aromatic heterocycles. The molecule has 0 aliphatic heterocycles. The van der Waals surface area contributed by atoms with Gasteiger partial charge in [-0.15, -0.1) is 0 Å². The Labute approximate surface area is 167 Å². The molecule has 2 aromatic carbocycles. The van der Waals surface area contributed by atoms with Crippen LogP contribution in [0, 0.1) is 0 Å². The van der Waals surface area contributed by atoms with Crippen LogP contribution < -0.4 is 4.74 Å². The van der Waals surface area contributed by atoms with Crippen LogP contribution in [0.15, 0.2) is 72.9 Å². The van der Waals surface area contributed by atoms with Gasteiger partial charge in [0.25, 0.3) is 0 Å². The zero-order valence-electron chi connectivity index (χ0n) is 14.9. The van der Waals surface area contributed by atoms with Crippen molar-refractivity contribution < 1.29 is 19.4 Å². The van der Waals surface area contributed by atoms with Crippen molar-refractivity contribution >= 4 is 29.4 Å². The first-order valence-corrected chi connectivity index (χ1v) is 8.97. The number of benzene rings is 2. The lowest BCUT2D eigenvalue weighted by Crippen LogP contribution is -2.09. The van der Waals surface area contributed by atoms with Crippen molar-refractivity contribution in [2.75, 3.05) is 6.61 Å². The van der Waals surface area contributed by atoms with Crippen LogP contribution in [-0.4, -0.2) is 28.0 Å². The van der Waals surface area contributed by atoms with E-state index in [1.807, 2.05) is 35.0 Å². The molecule has 0 atom stereocenters. The lowest BCUT2D eigenvalue weighted by Gasteiger charge is -2.07. The Morgan fingerprint density at radius 3 is 2.68 bits per heavy atom. The van der Waals surface area contributed by atoms with E-state index in [1.54, 1.807) is 48.5 Å². The van der Waals surface area contributed by atoms with E-state index < -0.39 is 5.97 Å². The van der Waals surface area contributed by atoms with Gasteiger partial charge in [-0.3, -0.25) is 4.79 Å². The topological polar surface area (TPSA) is 68.5 Å². The van der Waals surface area contributed by atoms with E-state index in [0.717, 1.165) is 5.56 Å². The standard InChI is InChI=1S/C22H18ClNO4/c23-18-8-2-7-17(14-18)22(27)20-10-4-12-24(20)11-3-6-16-5-1-9-19(13-16)28-15-21(25)26/h1-10,12-14H,11,15H2,(H,25,26)/b6-3+. The number of halogens is 1. The van der Waals surface area contributed by atoms with Crippen LogP contribution in [0.25, 0.3) is 6.08 Å². The molecule has 0 aliphatic rings. The van der Waals surface area contributed by atoms with Crippen LogP contribution in [0.2, 0.25) is 5.02 Å². The fourth-order valence-corrected chi connectivity index (χ4v) is 2.90. The summed E-state index contributed by atoms with van der Waals surface area (Å²) in [4.78, 5) is 23.3. The average Bonchev–Trinajstić information content (AvgIpc) is 3.14. The number of aliphatic carboxylic acids is 1. The first-order chi connectivity index (χ1) is 13.5. The maximum Gasteiger partial charge on any atom is 0.341 e. The maximum atomic E-state index is 12.7. The van der Waals surface area contributed by atoms with E-state index in [1.165, 1.54) is 0 Å². The Bertz CT molecular complexity index is 1020. The number of allylic oxidation sites excluding steroid dienone is 1. The minimum absolute atomic E-state index is 0.0926. The van der Waals surface area contributed by atoms with E-state index in [0.29, 0.717) is 28.6 Å². The molecule has 0 saturated carbocycles. The number of aromatic nitrogens is 1. The third kappa shape index (κ3) is 5.11. The molecule has 3 aromatic rings. The summed E-state index contributed by atoms with van der Waals surface area (Å²) in [5.41, 5.74) is 1.99. The van der Waals surface area contributed by atoms with Gasteiger partial charge in [-0.1, -0.05) is 48.0 Å². The summed E-state index contributed by atoms with van der Waals surface area (Å²) in [7, 11) is 0. The minimum Gasteiger partial charge on any atom is -0.482 e. The summed E-state index contributed by atoms with van der Waals surface area (Å²) in [6, 6.07) is 17.6. The molecule has 0 spiro atoms. The van der Waals surface area contributed by atoms with Gasteiger partial charge in [-0.05, 0) is 42.0 Å². The molecule has 0 amide bonds. The zero-order chi connectivity index (χ0) is 19.9. The lowest BCUT2D eigenvalue weighted by molar-refractivity contribution is -0.139. The highest BCUT2D eigenvalue weighted by Crippen LogP contribution is 2.17. The van der Waals surface area contributed by atoms with Crippen LogP contribution in [0.5, 0.6) is 5.75 Å². The molecule has 3 rings (SSSR count). The van der Waals surface area contributed by atoms with Crippen LogP contribution in [-0.2, 0) is 11.3 Å². The van der Waals surface area contributed by atoms with Crippen molar-refractivity contribution in [3.63, 3.8) is 0 Å². The first kappa shape index (κ1) is 19.5. The van der Waals surface area contributed by atoms with Crippen LogP contribution in [0.1, 0.15) is 21.6 Å². The van der Waals surface area contributed by atoms with E-state index in [9.17, 15) is 9.59 Å². The molecular formula is C22H18ClNO4. The summed E-state index contributed by atoms with van der Waals surface area (Å²) in [6.07, 6.45) is 5.65. The van der Waals surface area contributed by atoms with Gasteiger partial charge in [0.15, 0.2) is 6.61 Å². The molecule has 6 heteroatoms. The van der Waals surface area contributed by atoms with Gasteiger partial charge in [0, 0.05) is 23.3 Å². The van der Waals surface area contributed by atoms with Gasteiger partial charge in [0.05, 0.1) is 5.69 Å². The predicted octanol–water partition coefficient (Wildman–Crippen LogP) is 4.55. The number of rotatable bonds is 8. The van der Waals surface area contributed by atoms with Crippen molar-refractivity contribution in [3.8, 4) is 5.75 Å². The van der Waals surface area contributed by atoms with E-state index in [4.69, 9.17) is 21.4 Å². The number of hydrogen-bond donors (Lipinski definition) is 1. The van der Waals surface area contributed by atoms with Crippen molar-refractivity contribution in [2.24, 2.45) is 0 Å². The monoisotopic (exact) mass is 395 g/mol. The van der Waals surface area contributed by atoms with Crippen LogP contribution in [0.3, 0.4) is 0 Å². The Kier molecular flexibility index (Phi) is 6.29. The number of carbonyl (C=O) groups excluding carboxylic acids is 1. The normalized spacial score (nSPS) is 10.9. The number of hydrogen-bond acceptors (Lipinski definition) is 3. The van der Waals surface area contributed by atoms with Crippen LogP contribution >= 0.6 is 11.6 Å². The van der Waals surface area contributed by atoms with Gasteiger partial charge in [-0.25, -0.2) is 4.79 Å². The molecule has 1 N–H and O–H groups in total. The second-order valence-electron chi connectivity index (χ2n) is 6.04. The predicted molar refractivity (Wildman–Crippen MR) is 108 cm³/mol. The highest BCUT2D eigenvalue weighted by Gasteiger charge is 2.13. The number of ketones is 1. The van der Waals surface area contributed by atoms with E-state index in [2.05, 4.69) is 0 Å². The highest BCUT2D eigenvalue weighted by molar-refractivity contribution is 6.31. The minimum atomic E-state index is -1.02. The summed E-state index contributed by atoms with van der Waals surface area (Å²) in [5, 5.41) is 9.20. The number of ether oxygens (including phenoxy) is 1.